The highest BCUT2D eigenvalue weighted by molar-refractivity contribution is 14.1. The maximum atomic E-state index is 9.66. The number of rotatable bonds is 3. The molecule has 0 saturated carbocycles. The molecule has 2 nitrogen and oxygen atoms in total. The Morgan fingerprint density at radius 1 is 1.18 bits per heavy atom. The lowest BCUT2D eigenvalue weighted by molar-refractivity contribution is 0.469. The summed E-state index contributed by atoms with van der Waals surface area (Å²) >= 11 is 2.30. The molecule has 0 radical (unpaired) electrons. The van der Waals surface area contributed by atoms with Crippen molar-refractivity contribution in [3.8, 4) is 5.75 Å². The number of benzene rings is 2. The van der Waals surface area contributed by atoms with Crippen molar-refractivity contribution in [2.45, 2.75) is 13.5 Å². The van der Waals surface area contributed by atoms with Crippen LogP contribution in [0.5, 0.6) is 5.75 Å². The first-order valence-corrected chi connectivity index (χ1v) is 6.51. The fourth-order valence-corrected chi connectivity index (χ4v) is 2.32. The molecule has 0 unspecified atom stereocenters. The van der Waals surface area contributed by atoms with Crippen molar-refractivity contribution < 1.29 is 5.11 Å². The molecule has 0 spiro atoms. The highest BCUT2D eigenvalue weighted by Gasteiger charge is 2.01. The lowest BCUT2D eigenvalue weighted by Crippen LogP contribution is -2.01. The average molecular weight is 339 g/mol. The third-order valence-corrected chi connectivity index (χ3v) is 3.32. The fourth-order valence-electron chi connectivity index (χ4n) is 1.68. The number of para-hydroxylation sites is 1. The minimum absolute atomic E-state index is 0.336. The van der Waals surface area contributed by atoms with Crippen molar-refractivity contribution in [2.75, 3.05) is 5.32 Å². The van der Waals surface area contributed by atoms with Gasteiger partial charge in [0.25, 0.3) is 0 Å². The zero-order chi connectivity index (χ0) is 12.3. The van der Waals surface area contributed by atoms with E-state index in [0.29, 0.717) is 12.3 Å². The van der Waals surface area contributed by atoms with Gasteiger partial charge < -0.3 is 10.4 Å². The number of aromatic hydroxyl groups is 1. The Labute approximate surface area is 115 Å². The van der Waals surface area contributed by atoms with E-state index in [1.807, 2.05) is 18.2 Å². The second kappa shape index (κ2) is 5.40. The van der Waals surface area contributed by atoms with E-state index in [2.05, 4.69) is 53.0 Å². The maximum Gasteiger partial charge on any atom is 0.120 e. The van der Waals surface area contributed by atoms with Gasteiger partial charge in [0.2, 0.25) is 0 Å². The average Bonchev–Trinajstić information content (AvgIpc) is 2.30. The summed E-state index contributed by atoms with van der Waals surface area (Å²) in [6.07, 6.45) is 0. The smallest absolute Gasteiger partial charge is 0.120 e. The first-order chi connectivity index (χ1) is 8.16. The van der Waals surface area contributed by atoms with Crippen LogP contribution in [0.4, 0.5) is 5.69 Å². The van der Waals surface area contributed by atoms with Crippen LogP contribution in [0.25, 0.3) is 0 Å². The maximum absolute atomic E-state index is 9.66. The first-order valence-electron chi connectivity index (χ1n) is 5.44. The molecule has 2 rings (SSSR count). The van der Waals surface area contributed by atoms with Gasteiger partial charge in [-0.1, -0.05) is 18.2 Å². The van der Waals surface area contributed by atoms with E-state index in [9.17, 15) is 5.11 Å². The Balaban J connectivity index is 2.10. The van der Waals surface area contributed by atoms with Crippen LogP contribution in [0, 0.1) is 10.5 Å². The topological polar surface area (TPSA) is 32.3 Å². The number of hydrogen-bond acceptors (Lipinski definition) is 2. The molecule has 0 amide bonds. The molecule has 0 aliphatic heterocycles. The summed E-state index contributed by atoms with van der Waals surface area (Å²) < 4.78 is 1.23. The molecule has 0 aliphatic rings. The van der Waals surface area contributed by atoms with Crippen molar-refractivity contribution in [2.24, 2.45) is 0 Å². The molecule has 0 aromatic heterocycles. The van der Waals surface area contributed by atoms with Gasteiger partial charge in [-0.05, 0) is 59.3 Å². The molecule has 0 saturated heterocycles. The van der Waals surface area contributed by atoms with Crippen molar-refractivity contribution in [3.05, 3.63) is 57.2 Å². The fraction of sp³-hybridized carbons (Fsp3) is 0.143. The molecule has 3 heteroatoms. The summed E-state index contributed by atoms with van der Waals surface area (Å²) in [4.78, 5) is 0. The Morgan fingerprint density at radius 2 is 1.94 bits per heavy atom. The lowest BCUT2D eigenvalue weighted by atomic mass is 10.1. The monoisotopic (exact) mass is 339 g/mol. The Kier molecular flexibility index (Phi) is 3.89. The minimum Gasteiger partial charge on any atom is -0.508 e. The molecule has 0 fully saturated rings. The van der Waals surface area contributed by atoms with Crippen LogP contribution in [0.2, 0.25) is 0 Å². The van der Waals surface area contributed by atoms with Crippen LogP contribution in [0.15, 0.2) is 42.5 Å². The van der Waals surface area contributed by atoms with E-state index < -0.39 is 0 Å². The number of phenols is 1. The molecular weight excluding hydrogens is 325 g/mol. The summed E-state index contributed by atoms with van der Waals surface area (Å²) in [5.41, 5.74) is 3.23. The largest absolute Gasteiger partial charge is 0.508 e. The molecule has 2 N–H and O–H groups in total. The zero-order valence-corrected chi connectivity index (χ0v) is 11.7. The van der Waals surface area contributed by atoms with E-state index >= 15 is 0 Å². The predicted molar refractivity (Wildman–Crippen MR) is 79.3 cm³/mol. The summed E-state index contributed by atoms with van der Waals surface area (Å²) in [5.74, 6) is 0.336. The van der Waals surface area contributed by atoms with E-state index in [-0.39, 0.29) is 0 Å². The zero-order valence-electron chi connectivity index (χ0n) is 9.57. The minimum atomic E-state index is 0.336. The highest BCUT2D eigenvalue weighted by Crippen LogP contribution is 2.21. The molecule has 2 aromatic carbocycles. The quantitative estimate of drug-likeness (QED) is 0.831. The van der Waals surface area contributed by atoms with E-state index in [1.165, 1.54) is 9.13 Å². The summed E-state index contributed by atoms with van der Waals surface area (Å²) in [6, 6.07) is 13.7. The molecule has 0 bridgehead atoms. The normalized spacial score (nSPS) is 10.2. The van der Waals surface area contributed by atoms with Gasteiger partial charge in [0.15, 0.2) is 0 Å². The standard InChI is InChI=1S/C14H14INO/c1-10-8-12(15)6-7-13(10)16-9-11-4-2-3-5-14(11)17/h2-8,16-17H,9H2,1H3. The van der Waals surface area contributed by atoms with Crippen LogP contribution in [-0.2, 0) is 6.54 Å². The SMILES string of the molecule is Cc1cc(I)ccc1NCc1ccccc1O. The van der Waals surface area contributed by atoms with E-state index in [0.717, 1.165) is 11.3 Å². The molecule has 0 heterocycles. The van der Waals surface area contributed by atoms with Gasteiger partial charge >= 0.3 is 0 Å². The summed E-state index contributed by atoms with van der Waals surface area (Å²) in [7, 11) is 0. The van der Waals surface area contributed by atoms with Gasteiger partial charge in [-0.3, -0.25) is 0 Å². The second-order valence-electron chi connectivity index (χ2n) is 3.94. The Hall–Kier alpha value is -1.23. The van der Waals surface area contributed by atoms with Gasteiger partial charge in [0, 0.05) is 21.4 Å². The Bertz CT molecular complexity index is 525. The highest BCUT2D eigenvalue weighted by atomic mass is 127. The van der Waals surface area contributed by atoms with Crippen molar-refractivity contribution in [3.63, 3.8) is 0 Å². The van der Waals surface area contributed by atoms with Crippen molar-refractivity contribution in [1.82, 2.24) is 0 Å². The number of anilines is 1. The number of halogens is 1. The van der Waals surface area contributed by atoms with Crippen LogP contribution >= 0.6 is 22.6 Å². The molecule has 0 aliphatic carbocycles. The number of nitrogens with one attached hydrogen (secondary N) is 1. The third-order valence-electron chi connectivity index (χ3n) is 2.65. The van der Waals surface area contributed by atoms with Gasteiger partial charge in [-0.2, -0.15) is 0 Å². The van der Waals surface area contributed by atoms with Gasteiger partial charge in [0.05, 0.1) is 0 Å². The lowest BCUT2D eigenvalue weighted by Gasteiger charge is -2.10. The summed E-state index contributed by atoms with van der Waals surface area (Å²) in [5, 5.41) is 13.0. The van der Waals surface area contributed by atoms with Gasteiger partial charge in [-0.15, -0.1) is 0 Å². The van der Waals surface area contributed by atoms with Crippen LogP contribution in [-0.4, -0.2) is 5.11 Å². The van der Waals surface area contributed by atoms with Gasteiger partial charge in [0.1, 0.15) is 5.75 Å². The van der Waals surface area contributed by atoms with Crippen LogP contribution < -0.4 is 5.32 Å². The second-order valence-corrected chi connectivity index (χ2v) is 5.19. The van der Waals surface area contributed by atoms with Crippen molar-refractivity contribution >= 4 is 28.3 Å². The molecule has 17 heavy (non-hydrogen) atoms. The number of aryl methyl sites for hydroxylation is 1. The first kappa shape index (κ1) is 12.2. The van der Waals surface area contributed by atoms with E-state index in [1.54, 1.807) is 6.07 Å². The Morgan fingerprint density at radius 3 is 2.65 bits per heavy atom. The third kappa shape index (κ3) is 3.12. The van der Waals surface area contributed by atoms with Crippen LogP contribution in [0.3, 0.4) is 0 Å². The molecule has 0 atom stereocenters. The predicted octanol–water partition coefficient (Wildman–Crippen LogP) is 3.92. The number of phenolic OH excluding ortho intramolecular Hbond substituents is 1. The van der Waals surface area contributed by atoms with E-state index in [4.69, 9.17) is 0 Å². The van der Waals surface area contributed by atoms with Crippen molar-refractivity contribution in [1.29, 1.82) is 0 Å². The van der Waals surface area contributed by atoms with Crippen LogP contribution in [0.1, 0.15) is 11.1 Å². The number of hydrogen-bond donors (Lipinski definition) is 2. The molecule has 88 valence electrons. The summed E-state index contributed by atoms with van der Waals surface area (Å²) in [6.45, 7) is 2.71. The van der Waals surface area contributed by atoms with Gasteiger partial charge in [-0.25, -0.2) is 0 Å². The molecular formula is C14H14INO. The molecule has 2 aromatic rings.